The summed E-state index contributed by atoms with van der Waals surface area (Å²) in [6.45, 7) is 0.0498. The summed E-state index contributed by atoms with van der Waals surface area (Å²) < 4.78 is 22.0. The lowest BCUT2D eigenvalue weighted by Crippen LogP contribution is -2.31. The monoisotopic (exact) mass is 306 g/mol. The van der Waals surface area contributed by atoms with Gasteiger partial charge in [-0.25, -0.2) is 13.2 Å². The van der Waals surface area contributed by atoms with E-state index in [1.54, 1.807) is 0 Å². The van der Waals surface area contributed by atoms with Gasteiger partial charge in [0.1, 0.15) is 9.84 Å². The number of nitrogen functional groups attached to an aromatic ring is 1. The van der Waals surface area contributed by atoms with Gasteiger partial charge in [0.15, 0.2) is 0 Å². The Hall–Kier alpha value is -1.47. The number of anilines is 2. The van der Waals surface area contributed by atoms with E-state index in [1.807, 2.05) is 0 Å². The summed E-state index contributed by atoms with van der Waals surface area (Å²) in [6.07, 6.45) is 0.115. The Kier molecular flexibility index (Phi) is 5.02. The Labute approximate surface area is 116 Å². The maximum atomic E-state index is 11.2. The number of carbonyl (C=O) groups is 1. The van der Waals surface area contributed by atoms with Gasteiger partial charge in [-0.15, -0.1) is 0 Å². The minimum absolute atomic E-state index is 0.0498. The van der Waals surface area contributed by atoms with Crippen molar-refractivity contribution in [2.75, 3.05) is 29.2 Å². The van der Waals surface area contributed by atoms with E-state index < -0.39 is 15.9 Å². The Morgan fingerprint density at radius 1 is 1.47 bits per heavy atom. The average Bonchev–Trinajstić information content (AvgIpc) is 2.24. The second-order valence-corrected chi connectivity index (χ2v) is 6.82. The average molecular weight is 307 g/mol. The van der Waals surface area contributed by atoms with Crippen LogP contribution in [0.1, 0.15) is 6.42 Å². The Bertz CT molecular complexity index is 574. The third kappa shape index (κ3) is 4.96. The predicted octanol–water partition coefficient (Wildman–Crippen LogP) is 1.84. The Morgan fingerprint density at radius 2 is 2.11 bits per heavy atom. The predicted molar refractivity (Wildman–Crippen MR) is 75.6 cm³/mol. The molecule has 1 aromatic carbocycles. The van der Waals surface area contributed by atoms with Crippen LogP contribution >= 0.6 is 11.6 Å². The zero-order valence-corrected chi connectivity index (χ0v) is 11.9. The lowest BCUT2D eigenvalue weighted by molar-refractivity contribution is 0.202. The molecule has 3 N–H and O–H groups in total. The fraction of sp³-hybridized carbons (Fsp3) is 0.364. The number of hydrogen-bond acceptors (Lipinski definition) is 4. The Balaban J connectivity index is 2.86. The number of carboxylic acid groups (broad SMARTS) is 1. The van der Waals surface area contributed by atoms with E-state index in [0.717, 1.165) is 11.2 Å². The normalized spacial score (nSPS) is 11.3. The number of nitrogens with zero attached hydrogens (tertiary/aromatic N) is 1. The van der Waals surface area contributed by atoms with Crippen molar-refractivity contribution in [2.24, 2.45) is 0 Å². The fourth-order valence-corrected chi connectivity index (χ4v) is 2.41. The molecule has 0 bridgehead atoms. The minimum Gasteiger partial charge on any atom is -0.465 e. The molecule has 0 aliphatic heterocycles. The molecule has 8 heteroatoms. The molecular weight excluding hydrogens is 292 g/mol. The maximum Gasteiger partial charge on any atom is 0.411 e. The van der Waals surface area contributed by atoms with Crippen molar-refractivity contribution in [3.63, 3.8) is 0 Å². The molecule has 106 valence electrons. The van der Waals surface area contributed by atoms with Gasteiger partial charge in [-0.2, -0.15) is 0 Å². The smallest absolute Gasteiger partial charge is 0.411 e. The van der Waals surface area contributed by atoms with Gasteiger partial charge < -0.3 is 10.8 Å². The van der Waals surface area contributed by atoms with Crippen LogP contribution < -0.4 is 10.6 Å². The summed E-state index contributed by atoms with van der Waals surface area (Å²) in [5, 5.41) is 9.54. The highest BCUT2D eigenvalue weighted by Gasteiger charge is 2.17. The molecule has 0 aromatic heterocycles. The summed E-state index contributed by atoms with van der Waals surface area (Å²) in [6, 6.07) is 4.47. The zero-order valence-electron chi connectivity index (χ0n) is 10.3. The highest BCUT2D eigenvalue weighted by molar-refractivity contribution is 7.90. The number of benzene rings is 1. The molecule has 0 atom stereocenters. The van der Waals surface area contributed by atoms with Gasteiger partial charge in [-0.05, 0) is 24.6 Å². The van der Waals surface area contributed by atoms with Crippen molar-refractivity contribution in [1.29, 1.82) is 0 Å². The van der Waals surface area contributed by atoms with Gasteiger partial charge in [-0.3, -0.25) is 4.90 Å². The summed E-state index contributed by atoms with van der Waals surface area (Å²) in [7, 11) is -3.12. The van der Waals surface area contributed by atoms with Crippen molar-refractivity contribution in [2.45, 2.75) is 6.42 Å². The highest BCUT2D eigenvalue weighted by Crippen LogP contribution is 2.26. The van der Waals surface area contributed by atoms with Gasteiger partial charge in [0.25, 0.3) is 0 Å². The van der Waals surface area contributed by atoms with Gasteiger partial charge in [-0.1, -0.05) is 11.6 Å². The standard InChI is InChI=1S/C11H15ClN2O4S/c1-19(17,18)6-2-5-14(11(15)16)10-4-3-8(12)7-9(10)13/h3-4,7H,2,5-6,13H2,1H3,(H,15,16). The van der Waals surface area contributed by atoms with Gasteiger partial charge >= 0.3 is 6.09 Å². The molecule has 1 rings (SSSR count). The van der Waals surface area contributed by atoms with E-state index in [-0.39, 0.29) is 24.4 Å². The molecule has 0 unspecified atom stereocenters. The first-order chi connectivity index (χ1) is 8.70. The van der Waals surface area contributed by atoms with E-state index in [9.17, 15) is 13.2 Å². The van der Waals surface area contributed by atoms with Crippen LogP contribution in [0.3, 0.4) is 0 Å². The summed E-state index contributed by atoms with van der Waals surface area (Å²) >= 11 is 5.74. The summed E-state index contributed by atoms with van der Waals surface area (Å²) in [5.41, 5.74) is 6.24. The van der Waals surface area contributed by atoms with Gasteiger partial charge in [0, 0.05) is 17.8 Å². The number of hydrogen-bond donors (Lipinski definition) is 2. The summed E-state index contributed by atoms with van der Waals surface area (Å²) in [5.74, 6) is -0.0791. The first kappa shape index (κ1) is 15.6. The van der Waals surface area contributed by atoms with Crippen LogP contribution in [0, 0.1) is 0 Å². The van der Waals surface area contributed by atoms with E-state index in [2.05, 4.69) is 0 Å². The molecule has 19 heavy (non-hydrogen) atoms. The molecule has 0 aliphatic carbocycles. The van der Waals surface area contributed by atoms with Crippen LogP contribution in [0.5, 0.6) is 0 Å². The van der Waals surface area contributed by atoms with Crippen LogP contribution in [-0.4, -0.2) is 38.2 Å². The lowest BCUT2D eigenvalue weighted by Gasteiger charge is -2.20. The molecule has 0 heterocycles. The third-order valence-electron chi connectivity index (χ3n) is 2.41. The van der Waals surface area contributed by atoms with E-state index in [1.165, 1.54) is 18.2 Å². The second kappa shape index (κ2) is 6.12. The number of sulfone groups is 1. The minimum atomic E-state index is -3.12. The maximum absolute atomic E-state index is 11.2. The van der Waals surface area contributed by atoms with Gasteiger partial charge in [0.2, 0.25) is 0 Å². The largest absolute Gasteiger partial charge is 0.465 e. The number of rotatable bonds is 5. The molecule has 0 spiro atoms. The van der Waals surface area contributed by atoms with Crippen molar-refractivity contribution >= 4 is 38.9 Å². The first-order valence-electron chi connectivity index (χ1n) is 5.44. The van der Waals surface area contributed by atoms with Crippen LogP contribution in [0.15, 0.2) is 18.2 Å². The van der Waals surface area contributed by atoms with E-state index in [0.29, 0.717) is 10.7 Å². The number of amides is 1. The molecule has 1 amide bonds. The molecule has 0 saturated carbocycles. The van der Waals surface area contributed by atoms with Crippen molar-refractivity contribution in [3.05, 3.63) is 23.2 Å². The molecule has 0 aliphatic rings. The number of nitrogens with two attached hydrogens (primary N) is 1. The summed E-state index contributed by atoms with van der Waals surface area (Å²) in [4.78, 5) is 12.2. The first-order valence-corrected chi connectivity index (χ1v) is 7.88. The fourth-order valence-electron chi connectivity index (χ4n) is 1.58. The molecule has 1 aromatic rings. The third-order valence-corrected chi connectivity index (χ3v) is 3.67. The quantitative estimate of drug-likeness (QED) is 0.808. The SMILES string of the molecule is CS(=O)(=O)CCCN(C(=O)O)c1ccc(Cl)cc1N. The topological polar surface area (TPSA) is 101 Å². The van der Waals surface area contributed by atoms with Crippen LogP contribution in [-0.2, 0) is 9.84 Å². The number of halogens is 1. The van der Waals surface area contributed by atoms with Gasteiger partial charge in [0.05, 0.1) is 17.1 Å². The van der Waals surface area contributed by atoms with E-state index >= 15 is 0 Å². The van der Waals surface area contributed by atoms with E-state index in [4.69, 9.17) is 22.4 Å². The van der Waals surface area contributed by atoms with Crippen molar-refractivity contribution in [3.8, 4) is 0 Å². The second-order valence-electron chi connectivity index (χ2n) is 4.12. The molecule has 0 radical (unpaired) electrons. The molecular formula is C11H15ClN2O4S. The molecule has 0 fully saturated rings. The van der Waals surface area contributed by atoms with Crippen molar-refractivity contribution in [1.82, 2.24) is 0 Å². The van der Waals surface area contributed by atoms with Crippen LogP contribution in [0.4, 0.5) is 16.2 Å². The zero-order chi connectivity index (χ0) is 14.6. The Morgan fingerprint density at radius 3 is 2.58 bits per heavy atom. The van der Waals surface area contributed by atoms with Crippen LogP contribution in [0.2, 0.25) is 5.02 Å². The lowest BCUT2D eigenvalue weighted by atomic mass is 10.2. The molecule has 6 nitrogen and oxygen atoms in total. The van der Waals surface area contributed by atoms with Crippen LogP contribution in [0.25, 0.3) is 0 Å². The van der Waals surface area contributed by atoms with Crippen molar-refractivity contribution < 1.29 is 18.3 Å². The highest BCUT2D eigenvalue weighted by atomic mass is 35.5. The molecule has 0 saturated heterocycles.